The maximum absolute atomic E-state index is 12.8. The maximum atomic E-state index is 12.8. The first-order valence-electron chi connectivity index (χ1n) is 9.60. The molecule has 7 nitrogen and oxygen atoms in total. The molecule has 0 radical (unpaired) electrons. The summed E-state index contributed by atoms with van der Waals surface area (Å²) in [6.45, 7) is 2.03. The van der Waals surface area contributed by atoms with Gasteiger partial charge < -0.3 is 15.2 Å². The zero-order valence-corrected chi connectivity index (χ0v) is 16.1. The van der Waals surface area contributed by atoms with Gasteiger partial charge in [-0.25, -0.2) is 4.79 Å². The van der Waals surface area contributed by atoms with Crippen molar-refractivity contribution in [3.8, 4) is 0 Å². The van der Waals surface area contributed by atoms with Gasteiger partial charge in [-0.3, -0.25) is 14.5 Å². The first-order chi connectivity index (χ1) is 14.1. The first kappa shape index (κ1) is 18.7. The van der Waals surface area contributed by atoms with Crippen LogP contribution in [0.5, 0.6) is 0 Å². The lowest BCUT2D eigenvalue weighted by molar-refractivity contribution is -0.131. The van der Waals surface area contributed by atoms with Crippen molar-refractivity contribution in [2.24, 2.45) is 0 Å². The molecule has 4 amide bonds. The third kappa shape index (κ3) is 3.59. The minimum absolute atomic E-state index is 0.280. The summed E-state index contributed by atoms with van der Waals surface area (Å²) in [5.74, 6) is -0.673. The Balaban J connectivity index is 1.47. The number of carbonyl (C=O) groups is 3. The molecule has 2 aromatic carbocycles. The number of urea groups is 1. The van der Waals surface area contributed by atoms with Gasteiger partial charge in [-0.2, -0.15) is 0 Å². The van der Waals surface area contributed by atoms with Gasteiger partial charge in [0, 0.05) is 35.8 Å². The van der Waals surface area contributed by atoms with E-state index in [1.165, 1.54) is 0 Å². The fourth-order valence-corrected chi connectivity index (χ4v) is 3.72. The van der Waals surface area contributed by atoms with Crippen molar-refractivity contribution in [1.82, 2.24) is 15.2 Å². The van der Waals surface area contributed by atoms with Crippen LogP contribution in [0.4, 0.5) is 10.5 Å². The molecule has 1 aliphatic heterocycles. The molecule has 1 aromatic heterocycles. The number of carbonyl (C=O) groups excluding carboxylic acids is 3. The van der Waals surface area contributed by atoms with Gasteiger partial charge in [-0.15, -0.1) is 0 Å². The number of rotatable bonds is 6. The smallest absolute Gasteiger partial charge is 0.325 e. The van der Waals surface area contributed by atoms with Crippen LogP contribution in [-0.2, 0) is 16.0 Å². The van der Waals surface area contributed by atoms with Crippen molar-refractivity contribution in [2.75, 3.05) is 18.0 Å². The van der Waals surface area contributed by atoms with Crippen LogP contribution in [0.3, 0.4) is 0 Å². The molecule has 3 aromatic rings. The Kier molecular flexibility index (Phi) is 5.03. The summed E-state index contributed by atoms with van der Waals surface area (Å²) in [5.41, 5.74) is 2.67. The van der Waals surface area contributed by atoms with E-state index < -0.39 is 12.1 Å². The van der Waals surface area contributed by atoms with E-state index in [1.807, 2.05) is 67.7 Å². The van der Waals surface area contributed by atoms with Crippen molar-refractivity contribution >= 4 is 34.4 Å². The molecule has 1 aliphatic rings. The molecule has 0 aliphatic carbocycles. The zero-order valence-electron chi connectivity index (χ0n) is 16.1. The SMILES string of the molecule is CCN(C(=O)CN1C(=O)N[C@@H](Cc2c[nH]c3ccccc23)C1=O)c1ccccc1. The van der Waals surface area contributed by atoms with Crippen LogP contribution in [0.15, 0.2) is 60.8 Å². The molecule has 1 saturated heterocycles. The lowest BCUT2D eigenvalue weighted by atomic mass is 10.1. The number of amides is 4. The van der Waals surface area contributed by atoms with Gasteiger partial charge in [0.1, 0.15) is 12.6 Å². The maximum Gasteiger partial charge on any atom is 0.325 e. The van der Waals surface area contributed by atoms with Crippen molar-refractivity contribution in [3.05, 3.63) is 66.4 Å². The number of H-pyrrole nitrogens is 1. The van der Waals surface area contributed by atoms with Crippen LogP contribution >= 0.6 is 0 Å². The van der Waals surface area contributed by atoms with E-state index in [2.05, 4.69) is 10.3 Å². The van der Waals surface area contributed by atoms with Crippen LogP contribution in [0.25, 0.3) is 10.9 Å². The number of hydrogen-bond donors (Lipinski definition) is 2. The van der Waals surface area contributed by atoms with Crippen molar-refractivity contribution in [2.45, 2.75) is 19.4 Å². The van der Waals surface area contributed by atoms with Crippen LogP contribution < -0.4 is 10.2 Å². The van der Waals surface area contributed by atoms with E-state index in [9.17, 15) is 14.4 Å². The van der Waals surface area contributed by atoms with E-state index in [4.69, 9.17) is 0 Å². The fraction of sp³-hybridized carbons (Fsp3) is 0.227. The Hall–Kier alpha value is -3.61. The molecule has 2 N–H and O–H groups in total. The number of imide groups is 1. The minimum atomic E-state index is -0.679. The molecule has 0 saturated carbocycles. The Morgan fingerprint density at radius 1 is 1.07 bits per heavy atom. The lowest BCUT2D eigenvalue weighted by Crippen LogP contribution is -2.43. The summed E-state index contributed by atoms with van der Waals surface area (Å²) in [6.07, 6.45) is 2.22. The first-order valence-corrected chi connectivity index (χ1v) is 9.60. The Morgan fingerprint density at radius 3 is 2.55 bits per heavy atom. The van der Waals surface area contributed by atoms with Gasteiger partial charge in [0.05, 0.1) is 0 Å². The molecule has 0 unspecified atom stereocenters. The second-order valence-electron chi connectivity index (χ2n) is 6.96. The lowest BCUT2D eigenvalue weighted by Gasteiger charge is -2.23. The summed E-state index contributed by atoms with van der Waals surface area (Å²) < 4.78 is 0. The minimum Gasteiger partial charge on any atom is -0.361 e. The van der Waals surface area contributed by atoms with Gasteiger partial charge >= 0.3 is 6.03 Å². The van der Waals surface area contributed by atoms with Crippen molar-refractivity contribution in [3.63, 3.8) is 0 Å². The van der Waals surface area contributed by atoms with E-state index in [-0.39, 0.29) is 18.4 Å². The monoisotopic (exact) mass is 390 g/mol. The van der Waals surface area contributed by atoms with E-state index in [1.54, 1.807) is 4.90 Å². The number of fused-ring (bicyclic) bond motifs is 1. The van der Waals surface area contributed by atoms with Crippen LogP contribution in [0.2, 0.25) is 0 Å². The molecule has 4 rings (SSSR count). The summed E-state index contributed by atoms with van der Waals surface area (Å²) in [5, 5.41) is 3.73. The Bertz CT molecular complexity index is 1060. The molecule has 0 spiro atoms. The van der Waals surface area contributed by atoms with Crippen LogP contribution in [-0.4, -0.2) is 46.9 Å². The highest BCUT2D eigenvalue weighted by atomic mass is 16.2. The second kappa shape index (κ2) is 7.79. The van der Waals surface area contributed by atoms with E-state index >= 15 is 0 Å². The van der Waals surface area contributed by atoms with Gasteiger partial charge in [-0.05, 0) is 30.7 Å². The summed E-state index contributed by atoms with van der Waals surface area (Å²) in [4.78, 5) is 43.7. The standard InChI is InChI=1S/C22H22N4O3/c1-2-25(16-8-4-3-5-9-16)20(27)14-26-21(28)19(24-22(26)29)12-15-13-23-18-11-7-6-10-17(15)18/h3-11,13,19,23H,2,12,14H2,1H3,(H,24,29)/t19-/m0/s1. The Labute approximate surface area is 168 Å². The number of para-hydroxylation sites is 2. The molecule has 148 valence electrons. The van der Waals surface area contributed by atoms with E-state index in [0.717, 1.165) is 27.1 Å². The Morgan fingerprint density at radius 2 is 1.79 bits per heavy atom. The highest BCUT2D eigenvalue weighted by Crippen LogP contribution is 2.21. The number of nitrogens with one attached hydrogen (secondary N) is 2. The predicted molar refractivity (Wildman–Crippen MR) is 111 cm³/mol. The molecular formula is C22H22N4O3. The average molecular weight is 390 g/mol. The number of anilines is 1. The molecule has 0 bridgehead atoms. The van der Waals surface area contributed by atoms with Crippen molar-refractivity contribution in [1.29, 1.82) is 0 Å². The molecule has 29 heavy (non-hydrogen) atoms. The molecule has 7 heteroatoms. The number of aromatic amines is 1. The zero-order chi connectivity index (χ0) is 20.4. The van der Waals surface area contributed by atoms with Gasteiger partial charge in [-0.1, -0.05) is 36.4 Å². The number of aromatic nitrogens is 1. The largest absolute Gasteiger partial charge is 0.361 e. The predicted octanol–water partition coefficient (Wildman–Crippen LogP) is 2.68. The average Bonchev–Trinajstić information content (AvgIpc) is 3.26. The van der Waals surface area contributed by atoms with Crippen molar-refractivity contribution < 1.29 is 14.4 Å². The topological polar surface area (TPSA) is 85.5 Å². The molecule has 1 atom stereocenters. The number of likely N-dealkylation sites (N-methyl/N-ethyl adjacent to an activating group) is 1. The van der Waals surface area contributed by atoms with Crippen LogP contribution in [0, 0.1) is 0 Å². The normalized spacial score (nSPS) is 16.3. The quantitative estimate of drug-likeness (QED) is 0.635. The van der Waals surface area contributed by atoms with Gasteiger partial charge in [0.2, 0.25) is 5.91 Å². The van der Waals surface area contributed by atoms with E-state index in [0.29, 0.717) is 13.0 Å². The number of hydrogen-bond acceptors (Lipinski definition) is 3. The third-order valence-corrected chi connectivity index (χ3v) is 5.18. The fourth-order valence-electron chi connectivity index (χ4n) is 3.72. The second-order valence-corrected chi connectivity index (χ2v) is 6.96. The summed E-state index contributed by atoms with van der Waals surface area (Å²) in [7, 11) is 0. The van der Waals surface area contributed by atoms with Gasteiger partial charge in [0.25, 0.3) is 5.91 Å². The summed E-state index contributed by atoms with van der Waals surface area (Å²) >= 11 is 0. The highest BCUT2D eigenvalue weighted by molar-refractivity contribution is 6.08. The number of benzene rings is 2. The highest BCUT2D eigenvalue weighted by Gasteiger charge is 2.39. The summed E-state index contributed by atoms with van der Waals surface area (Å²) in [6, 6.07) is 15.8. The molecule has 2 heterocycles. The third-order valence-electron chi connectivity index (χ3n) is 5.18. The molecular weight excluding hydrogens is 368 g/mol. The van der Waals surface area contributed by atoms with Crippen LogP contribution in [0.1, 0.15) is 12.5 Å². The molecule has 1 fully saturated rings. The number of nitrogens with zero attached hydrogens (tertiary/aromatic N) is 2. The van der Waals surface area contributed by atoms with Gasteiger partial charge in [0.15, 0.2) is 0 Å².